The van der Waals surface area contributed by atoms with Crippen LogP contribution in [0.5, 0.6) is 5.75 Å². The van der Waals surface area contributed by atoms with E-state index < -0.39 is 6.10 Å². The number of anilines is 1. The Morgan fingerprint density at radius 2 is 1.96 bits per heavy atom. The van der Waals surface area contributed by atoms with E-state index in [0.29, 0.717) is 18.8 Å². The SMILES string of the molecule is CCC(Oc1cccc(C)c1)C(=O)Nc1cccc(COC)c1. The molecule has 0 saturated heterocycles. The maximum atomic E-state index is 12.4. The van der Waals surface area contributed by atoms with Crippen molar-refractivity contribution in [2.75, 3.05) is 12.4 Å². The van der Waals surface area contributed by atoms with E-state index in [2.05, 4.69) is 5.32 Å². The smallest absolute Gasteiger partial charge is 0.265 e. The van der Waals surface area contributed by atoms with Crippen molar-refractivity contribution >= 4 is 11.6 Å². The summed E-state index contributed by atoms with van der Waals surface area (Å²) < 4.78 is 10.9. The number of benzene rings is 2. The number of rotatable bonds is 7. The third kappa shape index (κ3) is 5.11. The van der Waals surface area contributed by atoms with E-state index in [9.17, 15) is 4.79 Å². The Balaban J connectivity index is 2.03. The maximum absolute atomic E-state index is 12.4. The van der Waals surface area contributed by atoms with Gasteiger partial charge in [-0.25, -0.2) is 0 Å². The summed E-state index contributed by atoms with van der Waals surface area (Å²) in [5, 5.41) is 2.91. The van der Waals surface area contributed by atoms with Crippen LogP contribution in [0.15, 0.2) is 48.5 Å². The zero-order valence-corrected chi connectivity index (χ0v) is 13.8. The molecule has 1 amide bonds. The van der Waals surface area contributed by atoms with Crippen LogP contribution in [0.25, 0.3) is 0 Å². The molecule has 0 spiro atoms. The second kappa shape index (κ2) is 8.34. The normalized spacial score (nSPS) is 11.8. The highest BCUT2D eigenvalue weighted by atomic mass is 16.5. The number of hydrogen-bond donors (Lipinski definition) is 1. The number of aryl methyl sites for hydroxylation is 1. The first kappa shape index (κ1) is 17.0. The predicted octanol–water partition coefficient (Wildman–Crippen LogP) is 3.94. The maximum Gasteiger partial charge on any atom is 0.265 e. The van der Waals surface area contributed by atoms with Gasteiger partial charge in [0.1, 0.15) is 5.75 Å². The van der Waals surface area contributed by atoms with Crippen molar-refractivity contribution in [3.63, 3.8) is 0 Å². The van der Waals surface area contributed by atoms with Crippen LogP contribution in [-0.4, -0.2) is 19.1 Å². The molecule has 1 atom stereocenters. The molecule has 0 aliphatic carbocycles. The number of carbonyl (C=O) groups excluding carboxylic acids is 1. The minimum absolute atomic E-state index is 0.149. The first-order valence-electron chi connectivity index (χ1n) is 7.74. The van der Waals surface area contributed by atoms with Gasteiger partial charge in [-0.15, -0.1) is 0 Å². The Kier molecular flexibility index (Phi) is 6.18. The topological polar surface area (TPSA) is 47.6 Å². The van der Waals surface area contributed by atoms with Crippen LogP contribution in [-0.2, 0) is 16.1 Å². The molecule has 2 aromatic rings. The Labute approximate surface area is 137 Å². The number of methoxy groups -OCH3 is 1. The van der Waals surface area contributed by atoms with Crippen molar-refractivity contribution in [1.29, 1.82) is 0 Å². The van der Waals surface area contributed by atoms with Gasteiger partial charge in [0.25, 0.3) is 5.91 Å². The van der Waals surface area contributed by atoms with Crippen LogP contribution in [0.4, 0.5) is 5.69 Å². The van der Waals surface area contributed by atoms with E-state index in [1.165, 1.54) is 0 Å². The van der Waals surface area contributed by atoms with Gasteiger partial charge in [-0.05, 0) is 48.7 Å². The summed E-state index contributed by atoms with van der Waals surface area (Å²) in [6.07, 6.45) is 0.0697. The van der Waals surface area contributed by atoms with E-state index >= 15 is 0 Å². The Morgan fingerprint density at radius 1 is 1.17 bits per heavy atom. The molecule has 122 valence electrons. The van der Waals surface area contributed by atoms with Crippen molar-refractivity contribution < 1.29 is 14.3 Å². The number of ether oxygens (including phenoxy) is 2. The Bertz CT molecular complexity index is 655. The van der Waals surface area contributed by atoms with E-state index in [-0.39, 0.29) is 5.91 Å². The Hall–Kier alpha value is -2.33. The van der Waals surface area contributed by atoms with Crippen molar-refractivity contribution in [3.8, 4) is 5.75 Å². The number of amides is 1. The predicted molar refractivity (Wildman–Crippen MR) is 91.7 cm³/mol. The van der Waals surface area contributed by atoms with Gasteiger partial charge >= 0.3 is 0 Å². The third-order valence-electron chi connectivity index (χ3n) is 3.44. The van der Waals surface area contributed by atoms with Gasteiger partial charge in [-0.2, -0.15) is 0 Å². The average molecular weight is 313 g/mol. The molecule has 23 heavy (non-hydrogen) atoms. The van der Waals surface area contributed by atoms with Crippen LogP contribution >= 0.6 is 0 Å². The van der Waals surface area contributed by atoms with Gasteiger partial charge in [-0.3, -0.25) is 4.79 Å². The second-order valence-corrected chi connectivity index (χ2v) is 5.45. The van der Waals surface area contributed by atoms with Gasteiger partial charge in [0.05, 0.1) is 6.61 Å². The summed E-state index contributed by atoms with van der Waals surface area (Å²) in [6, 6.07) is 15.3. The van der Waals surface area contributed by atoms with E-state index in [1.54, 1.807) is 7.11 Å². The summed E-state index contributed by atoms with van der Waals surface area (Å²) in [5.41, 5.74) is 2.86. The lowest BCUT2D eigenvalue weighted by atomic mass is 10.2. The molecule has 0 fully saturated rings. The second-order valence-electron chi connectivity index (χ2n) is 5.45. The third-order valence-corrected chi connectivity index (χ3v) is 3.44. The molecule has 0 heterocycles. The van der Waals surface area contributed by atoms with Gasteiger partial charge < -0.3 is 14.8 Å². The standard InChI is InChI=1S/C19H23NO3/c1-4-18(23-17-10-5-7-14(2)11-17)19(21)20-16-9-6-8-15(12-16)13-22-3/h5-12,18H,4,13H2,1-3H3,(H,20,21). The van der Waals surface area contributed by atoms with Crippen molar-refractivity contribution in [3.05, 3.63) is 59.7 Å². The number of hydrogen-bond acceptors (Lipinski definition) is 3. The van der Waals surface area contributed by atoms with Crippen molar-refractivity contribution in [1.82, 2.24) is 0 Å². The average Bonchev–Trinajstić information content (AvgIpc) is 2.53. The largest absolute Gasteiger partial charge is 0.481 e. The molecule has 1 unspecified atom stereocenters. The lowest BCUT2D eigenvalue weighted by molar-refractivity contribution is -0.122. The number of carbonyl (C=O) groups is 1. The first-order valence-corrected chi connectivity index (χ1v) is 7.74. The molecule has 0 aliphatic rings. The minimum Gasteiger partial charge on any atom is -0.481 e. The molecule has 2 aromatic carbocycles. The lowest BCUT2D eigenvalue weighted by Crippen LogP contribution is -2.32. The van der Waals surface area contributed by atoms with Gasteiger partial charge in [0, 0.05) is 12.8 Å². The molecule has 1 N–H and O–H groups in total. The van der Waals surface area contributed by atoms with Gasteiger partial charge in [0.15, 0.2) is 6.10 Å². The molecule has 0 aliphatic heterocycles. The highest BCUT2D eigenvalue weighted by Crippen LogP contribution is 2.17. The zero-order chi connectivity index (χ0) is 16.7. The molecule has 4 heteroatoms. The molecular weight excluding hydrogens is 290 g/mol. The molecule has 0 saturated carbocycles. The molecule has 4 nitrogen and oxygen atoms in total. The van der Waals surface area contributed by atoms with Crippen molar-refractivity contribution in [2.24, 2.45) is 0 Å². The quantitative estimate of drug-likeness (QED) is 0.842. The molecule has 0 bridgehead atoms. The van der Waals surface area contributed by atoms with Crippen LogP contribution < -0.4 is 10.1 Å². The first-order chi connectivity index (χ1) is 11.1. The fourth-order valence-electron chi connectivity index (χ4n) is 2.30. The van der Waals surface area contributed by atoms with Crippen LogP contribution in [0.2, 0.25) is 0 Å². The summed E-state index contributed by atoms with van der Waals surface area (Å²) in [4.78, 5) is 12.4. The fraction of sp³-hybridized carbons (Fsp3) is 0.316. The summed E-state index contributed by atoms with van der Waals surface area (Å²) >= 11 is 0. The highest BCUT2D eigenvalue weighted by molar-refractivity contribution is 5.94. The summed E-state index contributed by atoms with van der Waals surface area (Å²) in [7, 11) is 1.65. The monoisotopic (exact) mass is 313 g/mol. The lowest BCUT2D eigenvalue weighted by Gasteiger charge is -2.18. The zero-order valence-electron chi connectivity index (χ0n) is 13.8. The van der Waals surface area contributed by atoms with E-state index in [0.717, 1.165) is 16.8 Å². The summed E-state index contributed by atoms with van der Waals surface area (Å²) in [6.45, 7) is 4.44. The summed E-state index contributed by atoms with van der Waals surface area (Å²) in [5.74, 6) is 0.559. The van der Waals surface area contributed by atoms with Gasteiger partial charge in [-0.1, -0.05) is 31.2 Å². The fourth-order valence-corrected chi connectivity index (χ4v) is 2.30. The van der Waals surface area contributed by atoms with E-state index in [1.807, 2.05) is 62.4 Å². The van der Waals surface area contributed by atoms with E-state index in [4.69, 9.17) is 9.47 Å². The van der Waals surface area contributed by atoms with Crippen LogP contribution in [0, 0.1) is 6.92 Å². The van der Waals surface area contributed by atoms with Crippen LogP contribution in [0.1, 0.15) is 24.5 Å². The van der Waals surface area contributed by atoms with Crippen molar-refractivity contribution in [2.45, 2.75) is 33.0 Å². The van der Waals surface area contributed by atoms with Crippen LogP contribution in [0.3, 0.4) is 0 Å². The highest BCUT2D eigenvalue weighted by Gasteiger charge is 2.18. The minimum atomic E-state index is -0.525. The molecule has 2 rings (SSSR count). The molecular formula is C19H23NO3. The molecule has 0 radical (unpaired) electrons. The Morgan fingerprint density at radius 3 is 2.65 bits per heavy atom. The number of nitrogens with one attached hydrogen (secondary N) is 1. The van der Waals surface area contributed by atoms with Gasteiger partial charge in [0.2, 0.25) is 0 Å². The molecule has 0 aromatic heterocycles.